The fourth-order valence-electron chi connectivity index (χ4n) is 1.78. The molecule has 0 aliphatic heterocycles. The van der Waals surface area contributed by atoms with E-state index in [1.807, 2.05) is 0 Å². The van der Waals surface area contributed by atoms with Gasteiger partial charge in [-0.05, 0) is 13.0 Å². The van der Waals surface area contributed by atoms with Crippen molar-refractivity contribution in [3.8, 4) is 11.3 Å². The van der Waals surface area contributed by atoms with Gasteiger partial charge in [-0.25, -0.2) is 9.18 Å². The van der Waals surface area contributed by atoms with Crippen LogP contribution in [0.5, 0.6) is 0 Å². The van der Waals surface area contributed by atoms with Crippen LogP contribution in [-0.2, 0) is 4.74 Å². The van der Waals surface area contributed by atoms with Gasteiger partial charge in [-0.15, -0.1) is 0 Å². The Balaban J connectivity index is 2.76. The lowest BCUT2D eigenvalue weighted by atomic mass is 10.0. The Morgan fingerprint density at radius 3 is 2.80 bits per heavy atom. The van der Waals surface area contributed by atoms with Gasteiger partial charge in [0.25, 0.3) is 5.69 Å². The summed E-state index contributed by atoms with van der Waals surface area (Å²) >= 11 is 0. The highest BCUT2D eigenvalue weighted by Gasteiger charge is 2.29. The SMILES string of the molecule is COC(=O)c1c(-c2c(F)cccc2[N+](=O)[O-])noc1C. The Morgan fingerprint density at radius 1 is 1.50 bits per heavy atom. The number of halogens is 1. The van der Waals surface area contributed by atoms with Crippen molar-refractivity contribution in [2.24, 2.45) is 0 Å². The summed E-state index contributed by atoms with van der Waals surface area (Å²) in [6.07, 6.45) is 0. The minimum atomic E-state index is -0.877. The lowest BCUT2D eigenvalue weighted by molar-refractivity contribution is -0.384. The zero-order valence-corrected chi connectivity index (χ0v) is 10.5. The number of esters is 1. The number of nitro benzene ring substituents is 1. The van der Waals surface area contributed by atoms with Crippen LogP contribution in [0.1, 0.15) is 16.1 Å². The fourth-order valence-corrected chi connectivity index (χ4v) is 1.78. The van der Waals surface area contributed by atoms with Crippen molar-refractivity contribution < 1.29 is 23.4 Å². The molecule has 8 heteroatoms. The molecule has 0 amide bonds. The summed E-state index contributed by atoms with van der Waals surface area (Å²) in [7, 11) is 1.13. The van der Waals surface area contributed by atoms with Gasteiger partial charge in [0, 0.05) is 6.07 Å². The number of nitro groups is 1. The number of nitrogens with zero attached hydrogens (tertiary/aromatic N) is 2. The summed E-state index contributed by atoms with van der Waals surface area (Å²) in [5.41, 5.74) is -1.31. The van der Waals surface area contributed by atoms with Gasteiger partial charge in [-0.1, -0.05) is 11.2 Å². The predicted molar refractivity (Wildman–Crippen MR) is 64.6 cm³/mol. The molecule has 0 N–H and O–H groups in total. The molecular weight excluding hydrogens is 271 g/mol. The van der Waals surface area contributed by atoms with E-state index in [2.05, 4.69) is 9.89 Å². The Kier molecular flexibility index (Phi) is 3.47. The maximum absolute atomic E-state index is 13.9. The third-order valence-electron chi connectivity index (χ3n) is 2.68. The van der Waals surface area contributed by atoms with Crippen LogP contribution in [0.2, 0.25) is 0 Å². The van der Waals surface area contributed by atoms with E-state index in [9.17, 15) is 19.3 Å². The summed E-state index contributed by atoms with van der Waals surface area (Å²) in [4.78, 5) is 21.9. The van der Waals surface area contributed by atoms with Crippen LogP contribution < -0.4 is 0 Å². The summed E-state index contributed by atoms with van der Waals surface area (Å²) in [6, 6.07) is 3.35. The summed E-state index contributed by atoms with van der Waals surface area (Å²) in [5, 5.41) is 14.5. The number of aryl methyl sites for hydroxylation is 1. The molecule has 0 bridgehead atoms. The summed E-state index contributed by atoms with van der Waals surface area (Å²) in [6.45, 7) is 1.43. The van der Waals surface area contributed by atoms with E-state index in [1.165, 1.54) is 13.0 Å². The first-order valence-corrected chi connectivity index (χ1v) is 5.45. The van der Waals surface area contributed by atoms with E-state index in [-0.39, 0.29) is 17.0 Å². The topological polar surface area (TPSA) is 95.5 Å². The van der Waals surface area contributed by atoms with Crippen molar-refractivity contribution >= 4 is 11.7 Å². The number of carbonyl (C=O) groups excluding carboxylic acids is 1. The van der Waals surface area contributed by atoms with Crippen LogP contribution in [0.15, 0.2) is 22.7 Å². The van der Waals surface area contributed by atoms with Gasteiger partial charge in [0.2, 0.25) is 0 Å². The lowest BCUT2D eigenvalue weighted by Crippen LogP contribution is -2.05. The standard InChI is InChI=1S/C12H9FN2O5/c1-6-9(12(16)19-2)11(14-20-6)10-7(13)4-3-5-8(10)15(17)18/h3-5H,1-2H3. The molecule has 104 valence electrons. The van der Waals surface area contributed by atoms with Crippen molar-refractivity contribution in [3.63, 3.8) is 0 Å². The maximum atomic E-state index is 13.9. The fraction of sp³-hybridized carbons (Fsp3) is 0.167. The molecule has 2 aromatic rings. The molecule has 20 heavy (non-hydrogen) atoms. The van der Waals surface area contributed by atoms with E-state index < -0.39 is 28.0 Å². The minimum Gasteiger partial charge on any atom is -0.465 e. The lowest BCUT2D eigenvalue weighted by Gasteiger charge is -2.03. The first-order chi connectivity index (χ1) is 9.47. The van der Waals surface area contributed by atoms with Gasteiger partial charge < -0.3 is 9.26 Å². The zero-order chi connectivity index (χ0) is 14.9. The summed E-state index contributed by atoms with van der Waals surface area (Å²) in [5.74, 6) is -1.60. The van der Waals surface area contributed by atoms with Gasteiger partial charge >= 0.3 is 5.97 Å². The first kappa shape index (κ1) is 13.7. The molecule has 7 nitrogen and oxygen atoms in total. The molecule has 0 aliphatic carbocycles. The molecule has 1 heterocycles. The normalized spacial score (nSPS) is 10.3. The average molecular weight is 280 g/mol. The van der Waals surface area contributed by atoms with E-state index in [4.69, 9.17) is 4.52 Å². The van der Waals surface area contributed by atoms with Gasteiger partial charge in [-0.3, -0.25) is 10.1 Å². The Labute approximate surface area is 112 Å². The van der Waals surface area contributed by atoms with E-state index in [0.717, 1.165) is 19.2 Å². The smallest absolute Gasteiger partial charge is 0.343 e. The van der Waals surface area contributed by atoms with E-state index in [1.54, 1.807) is 0 Å². The monoisotopic (exact) mass is 280 g/mol. The average Bonchev–Trinajstić information content (AvgIpc) is 2.79. The number of rotatable bonds is 3. The van der Waals surface area contributed by atoms with Crippen molar-refractivity contribution in [2.75, 3.05) is 7.11 Å². The van der Waals surface area contributed by atoms with Crippen LogP contribution in [0.25, 0.3) is 11.3 Å². The number of ether oxygens (including phenoxy) is 1. The highest BCUT2D eigenvalue weighted by Crippen LogP contribution is 2.35. The van der Waals surface area contributed by atoms with Crippen LogP contribution in [0, 0.1) is 22.9 Å². The molecule has 0 saturated carbocycles. The highest BCUT2D eigenvalue weighted by molar-refractivity contribution is 5.98. The largest absolute Gasteiger partial charge is 0.465 e. The highest BCUT2D eigenvalue weighted by atomic mass is 19.1. The molecule has 0 spiro atoms. The Morgan fingerprint density at radius 2 is 2.20 bits per heavy atom. The van der Waals surface area contributed by atoms with E-state index >= 15 is 0 Å². The van der Waals surface area contributed by atoms with Gasteiger partial charge in [-0.2, -0.15) is 0 Å². The second-order valence-corrected chi connectivity index (χ2v) is 3.85. The van der Waals surface area contributed by atoms with Crippen molar-refractivity contribution in [2.45, 2.75) is 6.92 Å². The number of carbonyl (C=O) groups is 1. The Bertz CT molecular complexity index is 695. The van der Waals surface area contributed by atoms with Gasteiger partial charge in [0.1, 0.15) is 28.4 Å². The molecule has 0 atom stereocenters. The molecule has 0 aliphatic rings. The molecule has 1 aromatic heterocycles. The quantitative estimate of drug-likeness (QED) is 0.487. The molecule has 0 saturated heterocycles. The summed E-state index contributed by atoms with van der Waals surface area (Å²) < 4.78 is 23.3. The van der Waals surface area contributed by atoms with Crippen molar-refractivity contribution in [1.82, 2.24) is 5.16 Å². The van der Waals surface area contributed by atoms with Crippen molar-refractivity contribution in [3.05, 3.63) is 45.5 Å². The molecular formula is C12H9FN2O5. The van der Waals surface area contributed by atoms with E-state index in [0.29, 0.717) is 0 Å². The molecule has 0 radical (unpaired) electrons. The zero-order valence-electron chi connectivity index (χ0n) is 10.5. The predicted octanol–water partition coefficient (Wildman–Crippen LogP) is 2.48. The second-order valence-electron chi connectivity index (χ2n) is 3.85. The molecule has 0 fully saturated rings. The molecule has 2 rings (SSSR count). The number of hydrogen-bond acceptors (Lipinski definition) is 6. The first-order valence-electron chi connectivity index (χ1n) is 5.45. The third kappa shape index (κ3) is 2.11. The maximum Gasteiger partial charge on any atom is 0.343 e. The van der Waals surface area contributed by atoms with Crippen LogP contribution in [-0.4, -0.2) is 23.2 Å². The van der Waals surface area contributed by atoms with Crippen LogP contribution in [0.3, 0.4) is 0 Å². The van der Waals surface area contributed by atoms with Gasteiger partial charge in [0.05, 0.1) is 12.0 Å². The number of aromatic nitrogens is 1. The van der Waals surface area contributed by atoms with Crippen molar-refractivity contribution in [1.29, 1.82) is 0 Å². The number of methoxy groups -OCH3 is 1. The van der Waals surface area contributed by atoms with Crippen LogP contribution in [0.4, 0.5) is 10.1 Å². The molecule has 1 aromatic carbocycles. The number of hydrogen-bond donors (Lipinski definition) is 0. The number of benzene rings is 1. The minimum absolute atomic E-state index is 0.0874. The van der Waals surface area contributed by atoms with Crippen LogP contribution >= 0.6 is 0 Å². The van der Waals surface area contributed by atoms with Gasteiger partial charge in [0.15, 0.2) is 0 Å². The second kappa shape index (κ2) is 5.08. The Hall–Kier alpha value is -2.77. The molecule has 0 unspecified atom stereocenters. The third-order valence-corrected chi connectivity index (χ3v) is 2.68.